The summed E-state index contributed by atoms with van der Waals surface area (Å²) in [5.41, 5.74) is 0. The first-order chi connectivity index (χ1) is 7.16. The Morgan fingerprint density at radius 2 is 1.00 bits per heavy atom. The number of aliphatic hydroxyl groups is 3. The van der Waals surface area contributed by atoms with Crippen LogP contribution in [0.15, 0.2) is 0 Å². The molecule has 0 rings (SSSR count). The second-order valence-corrected chi connectivity index (χ2v) is 2.51. The molecule has 0 heterocycles. The summed E-state index contributed by atoms with van der Waals surface area (Å²) in [6.45, 7) is 11.7. The van der Waals surface area contributed by atoms with Gasteiger partial charge in [-0.25, -0.2) is 0 Å². The molecule has 3 N–H and O–H groups in total. The molecule has 0 aliphatic rings. The van der Waals surface area contributed by atoms with Crippen molar-refractivity contribution in [3.8, 4) is 0 Å². The summed E-state index contributed by atoms with van der Waals surface area (Å²) < 4.78 is 0. The molecule has 0 aromatic carbocycles. The van der Waals surface area contributed by atoms with E-state index >= 15 is 0 Å². The maximum atomic E-state index is 7.57. The van der Waals surface area contributed by atoms with Crippen molar-refractivity contribution in [1.29, 1.82) is 0 Å². The van der Waals surface area contributed by atoms with Gasteiger partial charge in [0.05, 0.1) is 0 Å². The van der Waals surface area contributed by atoms with Crippen molar-refractivity contribution in [3.05, 3.63) is 6.92 Å². The monoisotopic (exact) mass is 271 g/mol. The molecule has 0 bridgehead atoms. The first-order valence-electron chi connectivity index (χ1n) is 5.78. The van der Waals surface area contributed by atoms with E-state index < -0.39 is 0 Å². The molecule has 4 heteroatoms. The molecule has 102 valence electrons. The topological polar surface area (TPSA) is 60.7 Å². The summed E-state index contributed by atoms with van der Waals surface area (Å²) in [5.74, 6) is 0. The van der Waals surface area contributed by atoms with E-state index in [1.807, 2.05) is 0 Å². The molecule has 0 unspecified atom stereocenters. The average molecular weight is 271 g/mol. The summed E-state index contributed by atoms with van der Waals surface area (Å²) in [4.78, 5) is 0. The van der Waals surface area contributed by atoms with Crippen LogP contribution in [0.25, 0.3) is 0 Å². The van der Waals surface area contributed by atoms with Crippen LogP contribution in [0.3, 0.4) is 0 Å². The number of aliphatic hydroxyl groups excluding tert-OH is 3. The van der Waals surface area contributed by atoms with E-state index in [4.69, 9.17) is 15.3 Å². The van der Waals surface area contributed by atoms with Crippen molar-refractivity contribution in [2.45, 2.75) is 53.4 Å². The zero-order valence-corrected chi connectivity index (χ0v) is 13.1. The SMILES string of the molecule is CCO.CCO.CCO.[CH2-]CCCCC.[Ti]. The Hall–Kier alpha value is 0.594. The van der Waals surface area contributed by atoms with Crippen LogP contribution >= 0.6 is 0 Å². The van der Waals surface area contributed by atoms with Gasteiger partial charge in [-0.2, -0.15) is 6.42 Å². The van der Waals surface area contributed by atoms with Gasteiger partial charge < -0.3 is 22.2 Å². The van der Waals surface area contributed by atoms with E-state index in [0.29, 0.717) is 0 Å². The molecule has 0 aliphatic heterocycles. The minimum Gasteiger partial charge on any atom is -0.397 e. The first kappa shape index (κ1) is 30.0. The van der Waals surface area contributed by atoms with Crippen molar-refractivity contribution in [1.82, 2.24) is 0 Å². The van der Waals surface area contributed by atoms with Crippen LogP contribution < -0.4 is 0 Å². The van der Waals surface area contributed by atoms with Crippen LogP contribution in [0.1, 0.15) is 53.4 Å². The smallest absolute Gasteiger partial charge is 0.0402 e. The summed E-state index contributed by atoms with van der Waals surface area (Å²) in [6, 6.07) is 0. The first-order valence-corrected chi connectivity index (χ1v) is 5.78. The third-order valence-corrected chi connectivity index (χ3v) is 0.854. The van der Waals surface area contributed by atoms with Crippen LogP contribution in [0, 0.1) is 6.92 Å². The zero-order chi connectivity index (χ0) is 12.9. The molecule has 0 amide bonds. The number of hydrogen-bond donors (Lipinski definition) is 3. The maximum Gasteiger partial charge on any atom is 0.0402 e. The summed E-state index contributed by atoms with van der Waals surface area (Å²) >= 11 is 0. The predicted molar refractivity (Wildman–Crippen MR) is 67.8 cm³/mol. The normalized spacial score (nSPS) is 6.75. The van der Waals surface area contributed by atoms with Gasteiger partial charge in [-0.1, -0.05) is 26.2 Å². The second kappa shape index (κ2) is 57.6. The van der Waals surface area contributed by atoms with Crippen molar-refractivity contribution < 1.29 is 37.0 Å². The summed E-state index contributed by atoms with van der Waals surface area (Å²) in [6.07, 6.45) is 5.07. The van der Waals surface area contributed by atoms with E-state index in [-0.39, 0.29) is 41.5 Å². The van der Waals surface area contributed by atoms with Crippen LogP contribution in [-0.2, 0) is 21.7 Å². The minimum absolute atomic E-state index is 0. The third-order valence-electron chi connectivity index (χ3n) is 0.854. The quantitative estimate of drug-likeness (QED) is 0.419. The molecule has 3 nitrogen and oxygen atoms in total. The van der Waals surface area contributed by atoms with Crippen molar-refractivity contribution in [3.63, 3.8) is 0 Å². The number of rotatable bonds is 3. The fourth-order valence-corrected chi connectivity index (χ4v) is 0.427. The Morgan fingerprint density at radius 1 is 0.750 bits per heavy atom. The van der Waals surface area contributed by atoms with Gasteiger partial charge in [0, 0.05) is 41.5 Å². The maximum absolute atomic E-state index is 7.57. The largest absolute Gasteiger partial charge is 0.397 e. The van der Waals surface area contributed by atoms with Gasteiger partial charge in [0.25, 0.3) is 0 Å². The van der Waals surface area contributed by atoms with Gasteiger partial charge in [-0.15, -0.1) is 0 Å². The third kappa shape index (κ3) is 209. The molecule has 0 fully saturated rings. The molecule has 0 saturated carbocycles. The molecule has 0 saturated heterocycles. The molecule has 0 aromatic rings. The fraction of sp³-hybridized carbons (Fsp3) is 0.917. The van der Waals surface area contributed by atoms with E-state index in [1.54, 1.807) is 20.8 Å². The van der Waals surface area contributed by atoms with Crippen molar-refractivity contribution in [2.24, 2.45) is 0 Å². The minimum atomic E-state index is 0. The molecule has 0 atom stereocenters. The van der Waals surface area contributed by atoms with Crippen LogP contribution in [0.2, 0.25) is 0 Å². The summed E-state index contributed by atoms with van der Waals surface area (Å²) in [5, 5.41) is 22.7. The Bertz CT molecular complexity index is 46.8. The Morgan fingerprint density at radius 3 is 1.06 bits per heavy atom. The molecular formula is C12H31O3Ti-. The van der Waals surface area contributed by atoms with Crippen molar-refractivity contribution in [2.75, 3.05) is 19.8 Å². The van der Waals surface area contributed by atoms with Crippen molar-refractivity contribution >= 4 is 0 Å². The molecule has 0 aliphatic carbocycles. The zero-order valence-electron chi connectivity index (χ0n) is 11.5. The van der Waals surface area contributed by atoms with Gasteiger partial charge in [-0.05, 0) is 20.8 Å². The molecular weight excluding hydrogens is 240 g/mol. The van der Waals surface area contributed by atoms with E-state index in [0.717, 1.165) is 6.42 Å². The van der Waals surface area contributed by atoms with E-state index in [9.17, 15) is 0 Å². The van der Waals surface area contributed by atoms with Crippen LogP contribution in [-0.4, -0.2) is 35.1 Å². The number of hydrogen-bond acceptors (Lipinski definition) is 3. The van der Waals surface area contributed by atoms with E-state index in [2.05, 4.69) is 13.8 Å². The second-order valence-electron chi connectivity index (χ2n) is 2.51. The number of unbranched alkanes of at least 4 members (excludes halogenated alkanes) is 3. The molecule has 16 heavy (non-hydrogen) atoms. The molecule has 0 radical (unpaired) electrons. The molecule has 0 spiro atoms. The van der Waals surface area contributed by atoms with Gasteiger partial charge in [0.15, 0.2) is 0 Å². The fourth-order valence-electron chi connectivity index (χ4n) is 0.427. The Balaban J connectivity index is -0.0000000353. The summed E-state index contributed by atoms with van der Waals surface area (Å²) in [7, 11) is 0. The Kier molecular flexibility index (Phi) is 108. The predicted octanol–water partition coefficient (Wildman–Crippen LogP) is 2.39. The van der Waals surface area contributed by atoms with Crippen LogP contribution in [0.5, 0.6) is 0 Å². The van der Waals surface area contributed by atoms with Gasteiger partial charge >= 0.3 is 0 Å². The van der Waals surface area contributed by atoms with Gasteiger partial charge in [-0.3, -0.25) is 0 Å². The van der Waals surface area contributed by atoms with Gasteiger partial charge in [0.2, 0.25) is 0 Å². The van der Waals surface area contributed by atoms with Gasteiger partial charge in [0.1, 0.15) is 0 Å². The molecule has 0 aromatic heterocycles. The standard InChI is InChI=1S/C6H13.3C2H6O.Ti/c1-3-5-6-4-2;3*1-2-3;/h1,3-6H2,2H3;3*3H,2H2,1H3;/q-1;;;;. The Labute approximate surface area is 117 Å². The van der Waals surface area contributed by atoms with E-state index in [1.165, 1.54) is 19.3 Å². The average Bonchev–Trinajstić information content (AvgIpc) is 2.18. The van der Waals surface area contributed by atoms with Crippen LogP contribution in [0.4, 0.5) is 0 Å².